The van der Waals surface area contributed by atoms with E-state index in [0.717, 1.165) is 6.07 Å². The standard InChI is InChI=1S/C13H10ClF3N2/c1-18-12(13-8(14)3-2-6-19-13)7-4-5-9(15)11(17)10(7)16/h2-6,12,18H,1H3. The number of benzene rings is 1. The van der Waals surface area contributed by atoms with Crippen LogP contribution >= 0.6 is 11.6 Å². The van der Waals surface area contributed by atoms with Crippen molar-refractivity contribution in [3.63, 3.8) is 0 Å². The van der Waals surface area contributed by atoms with Crippen molar-refractivity contribution < 1.29 is 13.2 Å². The SMILES string of the molecule is CNC(c1ccc(F)c(F)c1F)c1ncccc1Cl. The fourth-order valence-corrected chi connectivity index (χ4v) is 2.04. The molecule has 2 nitrogen and oxygen atoms in total. The Morgan fingerprint density at radius 3 is 2.53 bits per heavy atom. The van der Waals surface area contributed by atoms with Gasteiger partial charge in [-0.25, -0.2) is 13.2 Å². The van der Waals surface area contributed by atoms with Gasteiger partial charge in [0.15, 0.2) is 17.5 Å². The van der Waals surface area contributed by atoms with Crippen LogP contribution in [0.1, 0.15) is 17.3 Å². The number of rotatable bonds is 3. The smallest absolute Gasteiger partial charge is 0.194 e. The molecule has 100 valence electrons. The lowest BCUT2D eigenvalue weighted by Gasteiger charge is -2.18. The van der Waals surface area contributed by atoms with E-state index in [1.807, 2.05) is 0 Å². The molecule has 0 saturated heterocycles. The van der Waals surface area contributed by atoms with Gasteiger partial charge in [-0.15, -0.1) is 0 Å². The van der Waals surface area contributed by atoms with Gasteiger partial charge in [-0.05, 0) is 25.2 Å². The molecule has 0 aliphatic rings. The molecular formula is C13H10ClF3N2. The summed E-state index contributed by atoms with van der Waals surface area (Å²) in [4.78, 5) is 4.04. The molecule has 0 amide bonds. The Bertz CT molecular complexity index is 604. The van der Waals surface area contributed by atoms with E-state index >= 15 is 0 Å². The predicted octanol–water partition coefficient (Wildman–Crippen LogP) is 3.46. The summed E-state index contributed by atoms with van der Waals surface area (Å²) in [6, 6.07) is 4.49. The van der Waals surface area contributed by atoms with E-state index < -0.39 is 23.5 Å². The summed E-state index contributed by atoms with van der Waals surface area (Å²) in [7, 11) is 1.55. The summed E-state index contributed by atoms with van der Waals surface area (Å²) in [5.41, 5.74) is 0.290. The average Bonchev–Trinajstić information content (AvgIpc) is 2.41. The second-order valence-corrected chi connectivity index (χ2v) is 4.26. The van der Waals surface area contributed by atoms with E-state index in [1.54, 1.807) is 19.2 Å². The third-order valence-corrected chi connectivity index (χ3v) is 3.04. The molecule has 0 aliphatic carbocycles. The molecular weight excluding hydrogens is 277 g/mol. The number of hydrogen-bond acceptors (Lipinski definition) is 2. The number of hydrogen-bond donors (Lipinski definition) is 1. The quantitative estimate of drug-likeness (QED) is 0.874. The second kappa shape index (κ2) is 5.59. The topological polar surface area (TPSA) is 24.9 Å². The van der Waals surface area contributed by atoms with Gasteiger partial charge in [-0.1, -0.05) is 17.7 Å². The first-order valence-electron chi connectivity index (χ1n) is 5.47. The Balaban J connectivity index is 2.55. The van der Waals surface area contributed by atoms with Crippen molar-refractivity contribution in [2.45, 2.75) is 6.04 Å². The Morgan fingerprint density at radius 2 is 1.89 bits per heavy atom. The highest BCUT2D eigenvalue weighted by atomic mass is 35.5. The summed E-state index contributed by atoms with van der Waals surface area (Å²) in [5.74, 6) is -3.99. The molecule has 1 unspecified atom stereocenters. The minimum absolute atomic E-state index is 0.0537. The molecule has 1 N–H and O–H groups in total. The summed E-state index contributed by atoms with van der Waals surface area (Å²) >= 11 is 5.98. The van der Waals surface area contributed by atoms with Crippen LogP contribution in [0.2, 0.25) is 5.02 Å². The molecule has 1 atom stereocenters. The zero-order valence-electron chi connectivity index (χ0n) is 9.92. The molecule has 19 heavy (non-hydrogen) atoms. The van der Waals surface area contributed by atoms with Gasteiger partial charge in [0, 0.05) is 11.8 Å². The maximum absolute atomic E-state index is 13.8. The lowest BCUT2D eigenvalue weighted by atomic mass is 10.0. The Kier molecular flexibility index (Phi) is 4.07. The summed E-state index contributed by atoms with van der Waals surface area (Å²) in [6.07, 6.45) is 1.49. The fraction of sp³-hybridized carbons (Fsp3) is 0.154. The zero-order valence-corrected chi connectivity index (χ0v) is 10.7. The van der Waals surface area contributed by atoms with Crippen LogP contribution in [0, 0.1) is 17.5 Å². The third kappa shape index (κ3) is 2.57. The monoisotopic (exact) mass is 286 g/mol. The van der Waals surface area contributed by atoms with E-state index in [9.17, 15) is 13.2 Å². The van der Waals surface area contributed by atoms with Gasteiger partial charge in [0.05, 0.1) is 16.8 Å². The number of halogens is 4. The van der Waals surface area contributed by atoms with Crippen molar-refractivity contribution in [3.8, 4) is 0 Å². The van der Waals surface area contributed by atoms with Crippen LogP contribution < -0.4 is 5.32 Å². The first kappa shape index (κ1) is 13.8. The van der Waals surface area contributed by atoms with Crippen molar-refractivity contribution in [2.75, 3.05) is 7.05 Å². The average molecular weight is 287 g/mol. The minimum atomic E-state index is -1.51. The van der Waals surface area contributed by atoms with Crippen LogP contribution in [0.5, 0.6) is 0 Å². The largest absolute Gasteiger partial charge is 0.308 e. The van der Waals surface area contributed by atoms with Crippen molar-refractivity contribution >= 4 is 11.6 Å². The van der Waals surface area contributed by atoms with Crippen molar-refractivity contribution in [2.24, 2.45) is 0 Å². The van der Waals surface area contributed by atoms with E-state index in [1.165, 1.54) is 12.3 Å². The maximum Gasteiger partial charge on any atom is 0.194 e. The highest BCUT2D eigenvalue weighted by molar-refractivity contribution is 6.31. The predicted molar refractivity (Wildman–Crippen MR) is 66.5 cm³/mol. The Morgan fingerprint density at radius 1 is 1.16 bits per heavy atom. The number of nitrogens with one attached hydrogen (secondary N) is 1. The molecule has 0 aliphatic heterocycles. The van der Waals surface area contributed by atoms with Gasteiger partial charge in [0.1, 0.15) is 0 Å². The molecule has 1 aromatic heterocycles. The summed E-state index contributed by atoms with van der Waals surface area (Å²) < 4.78 is 40.0. The van der Waals surface area contributed by atoms with Crippen LogP contribution in [0.15, 0.2) is 30.5 Å². The maximum atomic E-state index is 13.8. The van der Waals surface area contributed by atoms with Crippen molar-refractivity contribution in [1.29, 1.82) is 0 Å². The third-order valence-electron chi connectivity index (χ3n) is 2.73. The van der Waals surface area contributed by atoms with Crippen LogP contribution in [-0.4, -0.2) is 12.0 Å². The molecule has 2 rings (SSSR count). The van der Waals surface area contributed by atoms with Gasteiger partial charge in [0.2, 0.25) is 0 Å². The van der Waals surface area contributed by atoms with E-state index in [4.69, 9.17) is 11.6 Å². The first-order valence-corrected chi connectivity index (χ1v) is 5.85. The molecule has 0 bridgehead atoms. The molecule has 1 heterocycles. The first-order chi connectivity index (χ1) is 9.06. The Hall–Kier alpha value is -1.59. The Labute approximate surface area is 113 Å². The molecule has 0 radical (unpaired) electrons. The lowest BCUT2D eigenvalue weighted by Crippen LogP contribution is -2.21. The summed E-state index contributed by atoms with van der Waals surface area (Å²) in [5, 5.41) is 3.10. The number of nitrogens with zero attached hydrogens (tertiary/aromatic N) is 1. The second-order valence-electron chi connectivity index (χ2n) is 3.86. The molecule has 0 spiro atoms. The summed E-state index contributed by atoms with van der Waals surface area (Å²) in [6.45, 7) is 0. The molecule has 6 heteroatoms. The molecule has 0 saturated carbocycles. The van der Waals surface area contributed by atoms with Crippen molar-refractivity contribution in [3.05, 3.63) is 64.2 Å². The normalized spacial score (nSPS) is 12.5. The van der Waals surface area contributed by atoms with Crippen LogP contribution in [-0.2, 0) is 0 Å². The van der Waals surface area contributed by atoms with Crippen LogP contribution in [0.4, 0.5) is 13.2 Å². The fourth-order valence-electron chi connectivity index (χ4n) is 1.81. The highest BCUT2D eigenvalue weighted by Crippen LogP contribution is 2.29. The van der Waals surface area contributed by atoms with Gasteiger partial charge >= 0.3 is 0 Å². The van der Waals surface area contributed by atoms with Gasteiger partial charge in [-0.3, -0.25) is 4.98 Å². The van der Waals surface area contributed by atoms with E-state index in [-0.39, 0.29) is 5.56 Å². The van der Waals surface area contributed by atoms with Crippen molar-refractivity contribution in [1.82, 2.24) is 10.3 Å². The van der Waals surface area contributed by atoms with Gasteiger partial charge < -0.3 is 5.32 Å². The van der Waals surface area contributed by atoms with Gasteiger partial charge in [-0.2, -0.15) is 0 Å². The molecule has 2 aromatic rings. The minimum Gasteiger partial charge on any atom is -0.308 e. The van der Waals surface area contributed by atoms with E-state index in [0.29, 0.717) is 10.7 Å². The van der Waals surface area contributed by atoms with E-state index in [2.05, 4.69) is 10.3 Å². The van der Waals surface area contributed by atoms with Crippen LogP contribution in [0.3, 0.4) is 0 Å². The number of pyridine rings is 1. The lowest BCUT2D eigenvalue weighted by molar-refractivity contribution is 0.434. The molecule has 1 aromatic carbocycles. The highest BCUT2D eigenvalue weighted by Gasteiger charge is 2.23. The zero-order chi connectivity index (χ0) is 14.0. The number of aromatic nitrogens is 1. The van der Waals surface area contributed by atoms with Crippen LogP contribution in [0.25, 0.3) is 0 Å². The van der Waals surface area contributed by atoms with Gasteiger partial charge in [0.25, 0.3) is 0 Å². The molecule has 0 fully saturated rings.